The molecule has 0 saturated carbocycles. The quantitative estimate of drug-likeness (QED) is 0.724. The first-order valence-electron chi connectivity index (χ1n) is 7.51. The van der Waals surface area contributed by atoms with E-state index < -0.39 is 0 Å². The van der Waals surface area contributed by atoms with Crippen molar-refractivity contribution in [1.29, 1.82) is 0 Å². The van der Waals surface area contributed by atoms with E-state index in [4.69, 9.17) is 23.2 Å². The Morgan fingerprint density at radius 2 is 1.96 bits per heavy atom. The van der Waals surface area contributed by atoms with E-state index in [2.05, 4.69) is 10.3 Å². The molecule has 0 radical (unpaired) electrons. The third-order valence-corrected chi connectivity index (χ3v) is 4.39. The third kappa shape index (κ3) is 4.18. The Morgan fingerprint density at radius 3 is 2.60 bits per heavy atom. The number of hydrogen-bond donors (Lipinski definition) is 1. The molecular weight excluding hydrogens is 364 g/mol. The van der Waals surface area contributed by atoms with Crippen LogP contribution < -0.4 is 5.32 Å². The normalized spacial score (nSPS) is 10.7. The summed E-state index contributed by atoms with van der Waals surface area (Å²) >= 11 is 12.1. The van der Waals surface area contributed by atoms with Crippen LogP contribution in [0.3, 0.4) is 0 Å². The second-order valence-corrected chi connectivity index (χ2v) is 6.22. The minimum atomic E-state index is -0.390. The van der Waals surface area contributed by atoms with Gasteiger partial charge in [0.05, 0.1) is 18.4 Å². The molecule has 1 N–H and O–H groups in total. The lowest BCUT2D eigenvalue weighted by molar-refractivity contribution is -0.120. The van der Waals surface area contributed by atoms with E-state index >= 15 is 0 Å². The van der Waals surface area contributed by atoms with Crippen molar-refractivity contribution in [3.63, 3.8) is 0 Å². The molecule has 25 heavy (non-hydrogen) atoms. The predicted molar refractivity (Wildman–Crippen MR) is 95.5 cm³/mol. The zero-order chi connectivity index (χ0) is 17.8. The summed E-state index contributed by atoms with van der Waals surface area (Å²) < 4.78 is 15.8. The number of imidazole rings is 1. The highest BCUT2D eigenvalue weighted by atomic mass is 35.5. The minimum Gasteiger partial charge on any atom is -0.352 e. The van der Waals surface area contributed by atoms with Gasteiger partial charge in [-0.25, -0.2) is 9.37 Å². The third-order valence-electron chi connectivity index (χ3n) is 3.68. The molecule has 2 aromatic carbocycles. The van der Waals surface area contributed by atoms with Crippen LogP contribution in [0.15, 0.2) is 55.1 Å². The smallest absolute Gasteiger partial charge is 0.224 e. The van der Waals surface area contributed by atoms with Crippen LogP contribution >= 0.6 is 23.2 Å². The van der Waals surface area contributed by atoms with E-state index in [1.165, 1.54) is 12.4 Å². The number of amides is 1. The first kappa shape index (κ1) is 17.5. The lowest BCUT2D eigenvalue weighted by atomic mass is 10.1. The average molecular weight is 378 g/mol. The van der Waals surface area contributed by atoms with Gasteiger partial charge in [0.1, 0.15) is 5.82 Å². The van der Waals surface area contributed by atoms with Gasteiger partial charge in [-0.15, -0.1) is 0 Å². The molecule has 0 bridgehead atoms. The van der Waals surface area contributed by atoms with Gasteiger partial charge in [-0.3, -0.25) is 4.79 Å². The fourth-order valence-corrected chi connectivity index (χ4v) is 2.93. The van der Waals surface area contributed by atoms with Gasteiger partial charge in [0, 0.05) is 29.0 Å². The fourth-order valence-electron chi connectivity index (χ4n) is 2.40. The van der Waals surface area contributed by atoms with Crippen molar-refractivity contribution < 1.29 is 9.18 Å². The molecule has 0 spiro atoms. The lowest BCUT2D eigenvalue weighted by Gasteiger charge is -2.10. The monoisotopic (exact) mass is 377 g/mol. The van der Waals surface area contributed by atoms with E-state index in [9.17, 15) is 9.18 Å². The number of aromatic nitrogens is 2. The van der Waals surface area contributed by atoms with Crippen molar-refractivity contribution in [1.82, 2.24) is 14.9 Å². The molecule has 0 saturated heterocycles. The number of benzene rings is 2. The van der Waals surface area contributed by atoms with Gasteiger partial charge >= 0.3 is 0 Å². The number of carbonyl (C=O) groups is 1. The molecule has 1 amide bonds. The Bertz CT molecular complexity index is 877. The Labute approximate surface area is 154 Å². The molecule has 3 aromatic rings. The summed E-state index contributed by atoms with van der Waals surface area (Å²) in [5.41, 5.74) is 1.63. The van der Waals surface area contributed by atoms with E-state index in [-0.39, 0.29) is 24.7 Å². The largest absolute Gasteiger partial charge is 0.352 e. The second-order valence-electron chi connectivity index (χ2n) is 5.41. The van der Waals surface area contributed by atoms with Crippen LogP contribution in [-0.4, -0.2) is 15.5 Å². The van der Waals surface area contributed by atoms with E-state index in [0.717, 1.165) is 0 Å². The van der Waals surface area contributed by atoms with Gasteiger partial charge in [-0.05, 0) is 35.4 Å². The van der Waals surface area contributed by atoms with Gasteiger partial charge < -0.3 is 9.88 Å². The summed E-state index contributed by atoms with van der Waals surface area (Å²) in [6, 6.07) is 9.86. The molecule has 3 rings (SSSR count). The molecule has 0 fully saturated rings. The summed E-state index contributed by atoms with van der Waals surface area (Å²) in [4.78, 5) is 16.0. The van der Waals surface area contributed by atoms with Crippen molar-refractivity contribution in [2.24, 2.45) is 0 Å². The van der Waals surface area contributed by atoms with Crippen LogP contribution in [0.4, 0.5) is 4.39 Å². The molecule has 4 nitrogen and oxygen atoms in total. The zero-order valence-electron chi connectivity index (χ0n) is 13.0. The molecule has 0 atom stereocenters. The van der Waals surface area contributed by atoms with Crippen molar-refractivity contribution in [3.05, 3.63) is 82.1 Å². The SMILES string of the molecule is O=C(Cc1c(Cl)cccc1Cl)NCc1ccc(-n2ccnc2)c(F)c1. The molecule has 1 aromatic heterocycles. The summed E-state index contributed by atoms with van der Waals surface area (Å²) in [6.45, 7) is 0.210. The number of halogens is 3. The predicted octanol–water partition coefficient (Wildman–Crippen LogP) is 4.18. The maximum Gasteiger partial charge on any atom is 0.224 e. The molecule has 128 valence electrons. The summed E-state index contributed by atoms with van der Waals surface area (Å²) in [5, 5.41) is 3.63. The van der Waals surface area contributed by atoms with E-state index in [0.29, 0.717) is 26.9 Å². The minimum absolute atomic E-state index is 0.0636. The van der Waals surface area contributed by atoms with Crippen molar-refractivity contribution in [2.75, 3.05) is 0 Å². The number of nitrogens with one attached hydrogen (secondary N) is 1. The van der Waals surface area contributed by atoms with Crippen LogP contribution in [0, 0.1) is 5.82 Å². The number of hydrogen-bond acceptors (Lipinski definition) is 2. The summed E-state index contributed by atoms with van der Waals surface area (Å²) in [7, 11) is 0. The van der Waals surface area contributed by atoms with Gasteiger partial charge in [-0.1, -0.05) is 35.3 Å². The number of rotatable bonds is 5. The van der Waals surface area contributed by atoms with Gasteiger partial charge in [0.15, 0.2) is 0 Å². The van der Waals surface area contributed by atoms with Gasteiger partial charge in [-0.2, -0.15) is 0 Å². The lowest BCUT2D eigenvalue weighted by Crippen LogP contribution is -2.24. The topological polar surface area (TPSA) is 46.9 Å². The Balaban J connectivity index is 1.64. The molecule has 0 aliphatic carbocycles. The maximum atomic E-state index is 14.2. The van der Waals surface area contributed by atoms with E-state index in [1.807, 2.05) is 0 Å². The summed E-state index contributed by atoms with van der Waals surface area (Å²) in [5.74, 6) is -0.631. The van der Waals surface area contributed by atoms with Crippen molar-refractivity contribution >= 4 is 29.1 Å². The molecular formula is C18H14Cl2FN3O. The molecule has 1 heterocycles. The Hall–Kier alpha value is -2.37. The highest BCUT2D eigenvalue weighted by Gasteiger charge is 2.11. The number of carbonyl (C=O) groups excluding carboxylic acids is 1. The molecule has 0 unspecified atom stereocenters. The van der Waals surface area contributed by atoms with Crippen LogP contribution in [0.1, 0.15) is 11.1 Å². The summed E-state index contributed by atoms with van der Waals surface area (Å²) in [6.07, 6.45) is 4.82. The zero-order valence-corrected chi connectivity index (χ0v) is 14.6. The molecule has 0 aliphatic rings. The van der Waals surface area contributed by atoms with Crippen molar-refractivity contribution in [2.45, 2.75) is 13.0 Å². The first-order chi connectivity index (χ1) is 12.0. The standard InChI is InChI=1S/C18H14Cl2FN3O/c19-14-2-1-3-15(20)13(14)9-18(25)23-10-12-4-5-17(16(21)8-12)24-7-6-22-11-24/h1-8,11H,9-10H2,(H,23,25). The first-order valence-corrected chi connectivity index (χ1v) is 8.26. The van der Waals surface area contributed by atoms with Gasteiger partial charge in [0.25, 0.3) is 0 Å². The Morgan fingerprint density at radius 1 is 1.20 bits per heavy atom. The molecule has 7 heteroatoms. The van der Waals surface area contributed by atoms with Crippen LogP contribution in [0.2, 0.25) is 10.0 Å². The van der Waals surface area contributed by atoms with Gasteiger partial charge in [0.2, 0.25) is 5.91 Å². The average Bonchev–Trinajstić information content (AvgIpc) is 3.11. The van der Waals surface area contributed by atoms with Crippen LogP contribution in [0.5, 0.6) is 0 Å². The number of nitrogens with zero attached hydrogens (tertiary/aromatic N) is 2. The van der Waals surface area contributed by atoms with Crippen LogP contribution in [-0.2, 0) is 17.8 Å². The Kier molecular flexibility index (Phi) is 5.36. The maximum absolute atomic E-state index is 14.2. The molecule has 0 aliphatic heterocycles. The van der Waals surface area contributed by atoms with E-state index in [1.54, 1.807) is 47.3 Å². The highest BCUT2D eigenvalue weighted by Crippen LogP contribution is 2.24. The van der Waals surface area contributed by atoms with Crippen LogP contribution in [0.25, 0.3) is 5.69 Å². The van der Waals surface area contributed by atoms with Crippen molar-refractivity contribution in [3.8, 4) is 5.69 Å². The second kappa shape index (κ2) is 7.68. The highest BCUT2D eigenvalue weighted by molar-refractivity contribution is 6.36. The fraction of sp³-hybridized carbons (Fsp3) is 0.111.